The molecule has 0 radical (unpaired) electrons. The quantitative estimate of drug-likeness (QED) is 0.440. The van der Waals surface area contributed by atoms with E-state index >= 15 is 0 Å². The van der Waals surface area contributed by atoms with E-state index in [9.17, 15) is 4.79 Å². The van der Waals surface area contributed by atoms with E-state index in [-0.39, 0.29) is 18.0 Å². The molecule has 2 atom stereocenters. The van der Waals surface area contributed by atoms with E-state index < -0.39 is 8.07 Å². The molecule has 20 heavy (non-hydrogen) atoms. The molecule has 1 aliphatic heterocycles. The topological polar surface area (TPSA) is 26.3 Å². The molecule has 0 aromatic rings. The molecule has 0 saturated heterocycles. The van der Waals surface area contributed by atoms with Crippen LogP contribution in [-0.2, 0) is 9.53 Å². The molecule has 0 saturated carbocycles. The van der Waals surface area contributed by atoms with Gasteiger partial charge in [0.15, 0.2) is 6.10 Å². The van der Waals surface area contributed by atoms with E-state index in [1.165, 1.54) is 6.08 Å². The zero-order chi connectivity index (χ0) is 15.5. The minimum Gasteiger partial charge on any atom is -0.445 e. The first kappa shape index (κ1) is 17.0. The van der Waals surface area contributed by atoms with Gasteiger partial charge in [-0.1, -0.05) is 60.5 Å². The molecule has 2 nitrogen and oxygen atoms in total. The first-order valence-electron chi connectivity index (χ1n) is 7.63. The van der Waals surface area contributed by atoms with Crippen LogP contribution < -0.4 is 0 Å². The van der Waals surface area contributed by atoms with Crippen LogP contribution in [0.15, 0.2) is 12.2 Å². The number of carbonyl (C=O) groups is 1. The SMILES string of the molecule is CC(C)[Si](C#C[C@H]1OC(=O)C=C[C@@H]1C)(C(C)C)C(C)C. The lowest BCUT2D eigenvalue weighted by Gasteiger charge is -2.38. The fraction of sp³-hybridized carbons (Fsp3) is 0.706. The second-order valence-electron chi connectivity index (χ2n) is 6.74. The van der Waals surface area contributed by atoms with Gasteiger partial charge in [-0.25, -0.2) is 4.79 Å². The van der Waals surface area contributed by atoms with E-state index in [0.717, 1.165) is 0 Å². The second kappa shape index (κ2) is 6.63. The molecule has 1 rings (SSSR count). The van der Waals surface area contributed by atoms with E-state index in [0.29, 0.717) is 16.6 Å². The van der Waals surface area contributed by atoms with Crippen LogP contribution in [0.4, 0.5) is 0 Å². The number of rotatable bonds is 3. The molecule has 0 aromatic heterocycles. The van der Waals surface area contributed by atoms with Crippen LogP contribution >= 0.6 is 0 Å². The van der Waals surface area contributed by atoms with Crippen LogP contribution in [0.3, 0.4) is 0 Å². The van der Waals surface area contributed by atoms with Crippen LogP contribution in [0.25, 0.3) is 0 Å². The van der Waals surface area contributed by atoms with Gasteiger partial charge >= 0.3 is 5.97 Å². The average molecular weight is 292 g/mol. The van der Waals surface area contributed by atoms with Gasteiger partial charge in [0, 0.05) is 12.0 Å². The van der Waals surface area contributed by atoms with Crippen LogP contribution in [-0.4, -0.2) is 20.1 Å². The largest absolute Gasteiger partial charge is 0.445 e. The summed E-state index contributed by atoms with van der Waals surface area (Å²) in [4.78, 5) is 11.4. The average Bonchev–Trinajstić information content (AvgIpc) is 2.32. The Morgan fingerprint density at radius 3 is 2.05 bits per heavy atom. The van der Waals surface area contributed by atoms with Crippen LogP contribution in [0.1, 0.15) is 48.5 Å². The van der Waals surface area contributed by atoms with Crippen molar-refractivity contribution in [3.8, 4) is 11.5 Å². The normalized spacial score (nSPS) is 23.0. The van der Waals surface area contributed by atoms with Crippen LogP contribution in [0.2, 0.25) is 16.6 Å². The lowest BCUT2D eigenvalue weighted by atomic mass is 10.0. The fourth-order valence-electron chi connectivity index (χ4n) is 3.39. The number of cyclic esters (lactones) is 1. The third-order valence-corrected chi connectivity index (χ3v) is 10.9. The first-order chi connectivity index (χ1) is 9.21. The van der Waals surface area contributed by atoms with Gasteiger partial charge in [0.05, 0.1) is 0 Å². The van der Waals surface area contributed by atoms with Crippen molar-refractivity contribution in [1.82, 2.24) is 0 Å². The highest BCUT2D eigenvalue weighted by molar-refractivity contribution is 6.90. The summed E-state index contributed by atoms with van der Waals surface area (Å²) in [5, 5.41) is 0. The first-order valence-corrected chi connectivity index (χ1v) is 9.86. The van der Waals surface area contributed by atoms with Crippen molar-refractivity contribution in [3.05, 3.63) is 12.2 Å². The highest BCUT2D eigenvalue weighted by Gasteiger charge is 2.42. The molecule has 0 aliphatic carbocycles. The number of hydrogen-bond donors (Lipinski definition) is 0. The van der Waals surface area contributed by atoms with Crippen molar-refractivity contribution >= 4 is 14.0 Å². The molecule has 0 bridgehead atoms. The Balaban J connectivity index is 3.11. The van der Waals surface area contributed by atoms with Gasteiger partial charge in [-0.2, -0.15) is 0 Å². The highest BCUT2D eigenvalue weighted by atomic mass is 28.3. The van der Waals surface area contributed by atoms with Gasteiger partial charge in [0.1, 0.15) is 8.07 Å². The molecule has 0 fully saturated rings. The molecular weight excluding hydrogens is 264 g/mol. The molecular formula is C17H28O2Si. The summed E-state index contributed by atoms with van der Waals surface area (Å²) in [6.07, 6.45) is 3.12. The van der Waals surface area contributed by atoms with Crippen molar-refractivity contribution in [2.24, 2.45) is 5.92 Å². The summed E-state index contributed by atoms with van der Waals surface area (Å²) in [6.45, 7) is 15.8. The zero-order valence-corrected chi connectivity index (χ0v) is 14.9. The second-order valence-corrected chi connectivity index (χ2v) is 12.3. The Morgan fingerprint density at radius 1 is 1.10 bits per heavy atom. The molecule has 3 heteroatoms. The summed E-state index contributed by atoms with van der Waals surface area (Å²) < 4.78 is 5.36. The van der Waals surface area contributed by atoms with E-state index in [4.69, 9.17) is 4.74 Å². The van der Waals surface area contributed by atoms with Crippen molar-refractivity contribution in [3.63, 3.8) is 0 Å². The third-order valence-electron chi connectivity index (χ3n) is 4.55. The summed E-state index contributed by atoms with van der Waals surface area (Å²) >= 11 is 0. The highest BCUT2D eigenvalue weighted by Crippen LogP contribution is 2.40. The lowest BCUT2D eigenvalue weighted by molar-refractivity contribution is -0.142. The molecule has 0 N–H and O–H groups in total. The predicted octanol–water partition coefficient (Wildman–Crippen LogP) is 4.33. The summed E-state index contributed by atoms with van der Waals surface area (Å²) in [5.41, 5.74) is 5.42. The third kappa shape index (κ3) is 3.35. The maximum Gasteiger partial charge on any atom is 0.331 e. The minimum absolute atomic E-state index is 0.179. The Labute approximate surface area is 125 Å². The molecule has 1 aliphatic rings. The van der Waals surface area contributed by atoms with Gasteiger partial charge < -0.3 is 4.74 Å². The number of carbonyl (C=O) groups excluding carboxylic acids is 1. The van der Waals surface area contributed by atoms with Crippen LogP contribution in [0.5, 0.6) is 0 Å². The molecule has 112 valence electrons. The smallest absolute Gasteiger partial charge is 0.331 e. The minimum atomic E-state index is -1.74. The molecule has 0 aromatic carbocycles. The molecule has 0 unspecified atom stereocenters. The Morgan fingerprint density at radius 2 is 1.60 bits per heavy atom. The predicted molar refractivity (Wildman–Crippen MR) is 87.0 cm³/mol. The van der Waals surface area contributed by atoms with E-state index in [1.807, 2.05) is 13.0 Å². The standard InChI is InChI=1S/C17H28O2Si/c1-12(2)20(13(3)4,14(5)6)11-10-16-15(7)8-9-17(18)19-16/h8-9,12-16H,1-7H3/t15-,16+/m0/s1. The maximum atomic E-state index is 11.4. The molecule has 0 amide bonds. The zero-order valence-electron chi connectivity index (χ0n) is 13.9. The van der Waals surface area contributed by atoms with Crippen molar-refractivity contribution in [2.75, 3.05) is 0 Å². The lowest BCUT2D eigenvalue weighted by Crippen LogP contribution is -2.43. The maximum absolute atomic E-state index is 11.4. The number of ether oxygens (including phenoxy) is 1. The van der Waals surface area contributed by atoms with Gasteiger partial charge in [-0.3, -0.25) is 0 Å². The monoisotopic (exact) mass is 292 g/mol. The molecule has 0 spiro atoms. The van der Waals surface area contributed by atoms with Gasteiger partial charge in [0.25, 0.3) is 0 Å². The summed E-state index contributed by atoms with van der Waals surface area (Å²) in [6, 6.07) is 0. The Kier molecular flexibility index (Phi) is 5.65. The van der Waals surface area contributed by atoms with Crippen molar-refractivity contribution in [2.45, 2.75) is 71.2 Å². The number of hydrogen-bond acceptors (Lipinski definition) is 2. The Bertz CT molecular complexity index is 416. The van der Waals surface area contributed by atoms with Crippen LogP contribution in [0, 0.1) is 17.4 Å². The summed E-state index contributed by atoms with van der Waals surface area (Å²) in [7, 11) is -1.74. The van der Waals surface area contributed by atoms with Gasteiger partial charge in [-0.05, 0) is 16.6 Å². The Hall–Kier alpha value is -1.01. The number of esters is 1. The van der Waals surface area contributed by atoms with Gasteiger partial charge in [0.2, 0.25) is 0 Å². The van der Waals surface area contributed by atoms with Crippen molar-refractivity contribution in [1.29, 1.82) is 0 Å². The van der Waals surface area contributed by atoms with Crippen molar-refractivity contribution < 1.29 is 9.53 Å². The van der Waals surface area contributed by atoms with E-state index in [1.54, 1.807) is 0 Å². The fourth-order valence-corrected chi connectivity index (χ4v) is 8.65. The van der Waals surface area contributed by atoms with Gasteiger partial charge in [-0.15, -0.1) is 5.54 Å². The molecule has 1 heterocycles. The van der Waals surface area contributed by atoms with E-state index in [2.05, 4.69) is 53.0 Å². The summed E-state index contributed by atoms with van der Waals surface area (Å²) in [5.74, 6) is 3.21.